The number of rotatable bonds is 12. The van der Waals surface area contributed by atoms with Gasteiger partial charge in [0, 0.05) is 27.1 Å². The Bertz CT molecular complexity index is 477. The van der Waals surface area contributed by atoms with E-state index in [4.69, 9.17) is 9.47 Å². The van der Waals surface area contributed by atoms with Gasteiger partial charge in [0.25, 0.3) is 0 Å². The molecule has 0 heterocycles. The molecule has 1 unspecified atom stereocenters. The lowest BCUT2D eigenvalue weighted by atomic mass is 10.1. The van der Waals surface area contributed by atoms with Crippen molar-refractivity contribution in [2.24, 2.45) is 0 Å². The first-order valence-electron chi connectivity index (χ1n) is 8.83. The summed E-state index contributed by atoms with van der Waals surface area (Å²) >= 11 is 0. The molecule has 0 spiro atoms. The molecule has 1 aromatic carbocycles. The second-order valence-electron chi connectivity index (χ2n) is 6.08. The van der Waals surface area contributed by atoms with E-state index in [9.17, 15) is 4.79 Å². The third-order valence-corrected chi connectivity index (χ3v) is 3.59. The van der Waals surface area contributed by atoms with Crippen molar-refractivity contribution in [3.05, 3.63) is 29.8 Å². The molecule has 1 rings (SSSR count). The Morgan fingerprint density at radius 2 is 2.00 bits per heavy atom. The summed E-state index contributed by atoms with van der Waals surface area (Å²) in [5, 5.41) is 3.20. The van der Waals surface area contributed by atoms with Gasteiger partial charge in [-0.25, -0.2) is 0 Å². The largest absolute Gasteiger partial charge is 0.494 e. The zero-order valence-electron chi connectivity index (χ0n) is 15.5. The summed E-state index contributed by atoms with van der Waals surface area (Å²) < 4.78 is 11.6. The van der Waals surface area contributed by atoms with Gasteiger partial charge in [-0.2, -0.15) is 0 Å². The van der Waals surface area contributed by atoms with Crippen LogP contribution in [0.1, 0.15) is 38.7 Å². The van der Waals surface area contributed by atoms with Gasteiger partial charge in [-0.1, -0.05) is 32.4 Å². The van der Waals surface area contributed by atoms with E-state index >= 15 is 0 Å². The van der Waals surface area contributed by atoms with E-state index in [1.54, 1.807) is 19.0 Å². The van der Waals surface area contributed by atoms with E-state index in [0.717, 1.165) is 37.2 Å². The maximum absolute atomic E-state index is 11.8. The van der Waals surface area contributed by atoms with E-state index in [0.29, 0.717) is 13.0 Å². The zero-order chi connectivity index (χ0) is 17.8. The number of nitrogens with one attached hydrogen (secondary N) is 1. The molecule has 0 aliphatic heterocycles. The van der Waals surface area contributed by atoms with Crippen LogP contribution in [0, 0.1) is 0 Å². The lowest BCUT2D eigenvalue weighted by molar-refractivity contribution is -0.128. The first kappa shape index (κ1) is 20.5. The van der Waals surface area contributed by atoms with E-state index < -0.39 is 0 Å². The predicted molar refractivity (Wildman–Crippen MR) is 97.3 cm³/mol. The standard InChI is InChI=1S/C19H32N2O3/c1-5-7-12-23-17-10-8-9-16(13-17)14-18(24-11-6-2)20-15-19(22)21(3)4/h8-10,13,18,20H,5-7,11-12,14-15H2,1-4H3. The highest BCUT2D eigenvalue weighted by Crippen LogP contribution is 2.15. The van der Waals surface area contributed by atoms with Gasteiger partial charge >= 0.3 is 0 Å². The maximum atomic E-state index is 11.8. The van der Waals surface area contributed by atoms with Crippen molar-refractivity contribution in [3.8, 4) is 5.75 Å². The van der Waals surface area contributed by atoms with Crippen LogP contribution in [-0.4, -0.2) is 50.9 Å². The van der Waals surface area contributed by atoms with Crippen LogP contribution < -0.4 is 10.1 Å². The van der Waals surface area contributed by atoms with Crippen molar-refractivity contribution in [2.45, 2.75) is 45.8 Å². The van der Waals surface area contributed by atoms with Crippen LogP contribution in [0.4, 0.5) is 0 Å². The number of nitrogens with zero attached hydrogens (tertiary/aromatic N) is 1. The molecular weight excluding hydrogens is 304 g/mol. The number of hydrogen-bond donors (Lipinski definition) is 1. The molecule has 5 nitrogen and oxygen atoms in total. The third-order valence-electron chi connectivity index (χ3n) is 3.59. The molecule has 1 aromatic rings. The van der Waals surface area contributed by atoms with Gasteiger partial charge in [-0.05, 0) is 30.5 Å². The SMILES string of the molecule is CCCCOc1cccc(CC(NCC(=O)N(C)C)OCCC)c1. The van der Waals surface area contributed by atoms with Crippen molar-refractivity contribution in [2.75, 3.05) is 33.9 Å². The van der Waals surface area contributed by atoms with E-state index in [1.165, 1.54) is 0 Å². The van der Waals surface area contributed by atoms with Crippen molar-refractivity contribution < 1.29 is 14.3 Å². The smallest absolute Gasteiger partial charge is 0.236 e. The van der Waals surface area contributed by atoms with Gasteiger partial charge in [0.15, 0.2) is 0 Å². The molecule has 1 amide bonds. The second kappa shape index (κ2) is 11.9. The molecule has 0 radical (unpaired) electrons. The normalized spacial score (nSPS) is 12.0. The quantitative estimate of drug-likeness (QED) is 0.471. The highest BCUT2D eigenvalue weighted by Gasteiger charge is 2.13. The highest BCUT2D eigenvalue weighted by molar-refractivity contribution is 5.77. The summed E-state index contributed by atoms with van der Waals surface area (Å²) in [5.74, 6) is 0.927. The average Bonchev–Trinajstić information content (AvgIpc) is 2.57. The Morgan fingerprint density at radius 1 is 1.21 bits per heavy atom. The van der Waals surface area contributed by atoms with E-state index in [2.05, 4.69) is 25.2 Å². The molecule has 0 saturated carbocycles. The van der Waals surface area contributed by atoms with E-state index in [1.807, 2.05) is 18.2 Å². The Labute approximate surface area is 146 Å². The molecule has 1 N–H and O–H groups in total. The number of amides is 1. The molecule has 24 heavy (non-hydrogen) atoms. The molecule has 0 saturated heterocycles. The summed E-state index contributed by atoms with van der Waals surface area (Å²) in [6, 6.07) is 8.08. The first-order chi connectivity index (χ1) is 11.6. The second-order valence-corrected chi connectivity index (χ2v) is 6.08. The molecule has 1 atom stereocenters. The van der Waals surface area contributed by atoms with Crippen LogP contribution in [0.3, 0.4) is 0 Å². The zero-order valence-corrected chi connectivity index (χ0v) is 15.5. The summed E-state index contributed by atoms with van der Waals surface area (Å²) in [6.45, 7) is 5.90. The van der Waals surface area contributed by atoms with Gasteiger partial charge in [-0.15, -0.1) is 0 Å². The van der Waals surface area contributed by atoms with Crippen LogP contribution in [0.15, 0.2) is 24.3 Å². The van der Waals surface area contributed by atoms with Crippen molar-refractivity contribution in [1.82, 2.24) is 10.2 Å². The van der Waals surface area contributed by atoms with Gasteiger partial charge in [0.05, 0.1) is 13.2 Å². The number of benzene rings is 1. The molecule has 0 fully saturated rings. The molecule has 5 heteroatoms. The first-order valence-corrected chi connectivity index (χ1v) is 8.83. The van der Waals surface area contributed by atoms with Gasteiger partial charge in [0.1, 0.15) is 12.0 Å². The monoisotopic (exact) mass is 336 g/mol. The Morgan fingerprint density at radius 3 is 2.67 bits per heavy atom. The fourth-order valence-electron chi connectivity index (χ4n) is 2.12. The fourth-order valence-corrected chi connectivity index (χ4v) is 2.12. The minimum atomic E-state index is -0.181. The Kier molecular flexibility index (Phi) is 10.1. The maximum Gasteiger partial charge on any atom is 0.236 e. The van der Waals surface area contributed by atoms with Crippen LogP contribution in [0.25, 0.3) is 0 Å². The number of carbonyl (C=O) groups excluding carboxylic acids is 1. The number of unbranched alkanes of at least 4 members (excludes halogenated alkanes) is 1. The summed E-state index contributed by atoms with van der Waals surface area (Å²) in [6.07, 6.45) is 3.64. The minimum absolute atomic E-state index is 0.0387. The van der Waals surface area contributed by atoms with E-state index in [-0.39, 0.29) is 18.7 Å². The van der Waals surface area contributed by atoms with Crippen LogP contribution in [-0.2, 0) is 16.0 Å². The summed E-state index contributed by atoms with van der Waals surface area (Å²) in [4.78, 5) is 13.3. The Hall–Kier alpha value is -1.59. The predicted octanol–water partition coefficient (Wildman–Crippen LogP) is 2.84. The van der Waals surface area contributed by atoms with Gasteiger partial charge < -0.3 is 14.4 Å². The summed E-state index contributed by atoms with van der Waals surface area (Å²) in [7, 11) is 3.51. The number of carbonyl (C=O) groups is 1. The third kappa shape index (κ3) is 8.31. The number of hydrogen-bond acceptors (Lipinski definition) is 4. The lowest BCUT2D eigenvalue weighted by Gasteiger charge is -2.20. The number of likely N-dealkylation sites (N-methyl/N-ethyl adjacent to an activating group) is 1. The molecule has 0 aliphatic rings. The fraction of sp³-hybridized carbons (Fsp3) is 0.632. The molecule has 136 valence electrons. The van der Waals surface area contributed by atoms with Crippen LogP contribution in [0.2, 0.25) is 0 Å². The molecule has 0 aliphatic carbocycles. The topological polar surface area (TPSA) is 50.8 Å². The summed E-state index contributed by atoms with van der Waals surface area (Å²) in [5.41, 5.74) is 1.13. The van der Waals surface area contributed by atoms with Crippen LogP contribution >= 0.6 is 0 Å². The number of ether oxygens (including phenoxy) is 2. The minimum Gasteiger partial charge on any atom is -0.494 e. The van der Waals surface area contributed by atoms with Crippen molar-refractivity contribution in [1.29, 1.82) is 0 Å². The lowest BCUT2D eigenvalue weighted by Crippen LogP contribution is -2.41. The molecule has 0 bridgehead atoms. The van der Waals surface area contributed by atoms with Crippen molar-refractivity contribution in [3.63, 3.8) is 0 Å². The molecular formula is C19H32N2O3. The highest BCUT2D eigenvalue weighted by atomic mass is 16.5. The van der Waals surface area contributed by atoms with Gasteiger partial charge in [0.2, 0.25) is 5.91 Å². The average molecular weight is 336 g/mol. The Balaban J connectivity index is 2.60. The van der Waals surface area contributed by atoms with Crippen molar-refractivity contribution >= 4 is 5.91 Å². The van der Waals surface area contributed by atoms with Gasteiger partial charge in [-0.3, -0.25) is 10.1 Å². The molecule has 0 aromatic heterocycles. The van der Waals surface area contributed by atoms with Crippen LogP contribution in [0.5, 0.6) is 5.75 Å².